The number of hydrogen-bond acceptors (Lipinski definition) is 6. The summed E-state index contributed by atoms with van der Waals surface area (Å²) in [7, 11) is 0. The van der Waals surface area contributed by atoms with E-state index in [1.807, 2.05) is 12.1 Å². The molecule has 0 spiro atoms. The number of hydrogen-bond donors (Lipinski definition) is 2. The predicted molar refractivity (Wildman–Crippen MR) is 98.0 cm³/mol. The van der Waals surface area contributed by atoms with Crippen molar-refractivity contribution in [2.24, 2.45) is 0 Å². The molecule has 4 rings (SSSR count). The Morgan fingerprint density at radius 2 is 2.16 bits per heavy atom. The molecule has 0 saturated heterocycles. The van der Waals surface area contributed by atoms with Gasteiger partial charge in [0.15, 0.2) is 5.82 Å². The summed E-state index contributed by atoms with van der Waals surface area (Å²) in [5.74, 6) is 0.541. The second kappa shape index (κ2) is 6.76. The molecule has 0 atom stereocenters. The first-order chi connectivity index (χ1) is 12.2. The maximum absolute atomic E-state index is 10.8. The third-order valence-electron chi connectivity index (χ3n) is 4.37. The molecule has 2 N–H and O–H groups in total. The van der Waals surface area contributed by atoms with E-state index in [4.69, 9.17) is 15.1 Å². The average Bonchev–Trinajstić information content (AvgIpc) is 3.00. The van der Waals surface area contributed by atoms with Crippen LogP contribution in [0.1, 0.15) is 29.7 Å². The number of aliphatic carboxylic acids is 1. The van der Waals surface area contributed by atoms with E-state index in [-0.39, 0.29) is 6.42 Å². The van der Waals surface area contributed by atoms with Crippen molar-refractivity contribution in [2.45, 2.75) is 32.1 Å². The van der Waals surface area contributed by atoms with Gasteiger partial charge in [-0.3, -0.25) is 9.78 Å². The monoisotopic (exact) mass is 354 g/mol. The first-order valence-corrected chi connectivity index (χ1v) is 9.22. The van der Waals surface area contributed by atoms with Gasteiger partial charge in [0, 0.05) is 29.4 Å². The number of pyridine rings is 1. The molecule has 0 aromatic carbocycles. The number of rotatable bonds is 5. The third-order valence-corrected chi connectivity index (χ3v) is 5.55. The summed E-state index contributed by atoms with van der Waals surface area (Å²) >= 11 is 1.73. The summed E-state index contributed by atoms with van der Waals surface area (Å²) in [6.07, 6.45) is 8.04. The quantitative estimate of drug-likeness (QED) is 0.729. The number of carboxylic acids is 1. The minimum atomic E-state index is -0.822. The van der Waals surface area contributed by atoms with Gasteiger partial charge >= 0.3 is 5.97 Å². The van der Waals surface area contributed by atoms with Crippen molar-refractivity contribution in [3.05, 3.63) is 35.0 Å². The third kappa shape index (κ3) is 3.19. The highest BCUT2D eigenvalue weighted by molar-refractivity contribution is 7.19. The van der Waals surface area contributed by atoms with Gasteiger partial charge in [-0.15, -0.1) is 11.3 Å². The lowest BCUT2D eigenvalue weighted by atomic mass is 9.97. The smallest absolute Gasteiger partial charge is 0.305 e. The van der Waals surface area contributed by atoms with Crippen LogP contribution in [0.25, 0.3) is 21.6 Å². The molecular formula is C18H18N4O2S. The second-order valence-corrected chi connectivity index (χ2v) is 7.18. The van der Waals surface area contributed by atoms with Crippen LogP contribution in [0.4, 0.5) is 5.82 Å². The molecule has 3 aromatic heterocycles. The van der Waals surface area contributed by atoms with Gasteiger partial charge in [0.05, 0.1) is 11.8 Å². The highest BCUT2D eigenvalue weighted by Crippen LogP contribution is 2.39. The van der Waals surface area contributed by atoms with Crippen LogP contribution in [0.2, 0.25) is 0 Å². The topological polar surface area (TPSA) is 88.0 Å². The molecule has 1 aliphatic rings. The van der Waals surface area contributed by atoms with E-state index >= 15 is 0 Å². The number of fused-ring (bicyclic) bond motifs is 3. The first kappa shape index (κ1) is 16.0. The maximum atomic E-state index is 10.8. The number of carboxylic acid groups (broad SMARTS) is 1. The van der Waals surface area contributed by atoms with Gasteiger partial charge in [-0.1, -0.05) is 0 Å². The van der Waals surface area contributed by atoms with Crippen molar-refractivity contribution in [3.8, 4) is 11.4 Å². The lowest BCUT2D eigenvalue weighted by Crippen LogP contribution is -2.10. The zero-order valence-electron chi connectivity index (χ0n) is 13.7. The molecule has 7 heteroatoms. The van der Waals surface area contributed by atoms with E-state index in [2.05, 4.69) is 10.3 Å². The van der Waals surface area contributed by atoms with Gasteiger partial charge in [-0.2, -0.15) is 0 Å². The van der Waals surface area contributed by atoms with Crippen molar-refractivity contribution < 1.29 is 9.90 Å². The minimum Gasteiger partial charge on any atom is -0.481 e. The summed E-state index contributed by atoms with van der Waals surface area (Å²) in [6.45, 7) is 0.346. The molecule has 0 radical (unpaired) electrons. The maximum Gasteiger partial charge on any atom is 0.305 e. The molecule has 25 heavy (non-hydrogen) atoms. The largest absolute Gasteiger partial charge is 0.481 e. The van der Waals surface area contributed by atoms with Crippen LogP contribution in [0.5, 0.6) is 0 Å². The Morgan fingerprint density at radius 3 is 2.96 bits per heavy atom. The number of anilines is 1. The molecule has 1 aliphatic carbocycles. The molecule has 6 nitrogen and oxygen atoms in total. The minimum absolute atomic E-state index is 0.0556. The predicted octanol–water partition coefficient (Wildman–Crippen LogP) is 3.52. The number of nitrogens with zero attached hydrogens (tertiary/aromatic N) is 3. The lowest BCUT2D eigenvalue weighted by Gasteiger charge is -2.13. The Balaban J connectivity index is 1.82. The Labute approximate surface area is 149 Å². The highest BCUT2D eigenvalue weighted by atomic mass is 32.1. The Kier molecular flexibility index (Phi) is 4.31. The van der Waals surface area contributed by atoms with Gasteiger partial charge in [0.2, 0.25) is 0 Å². The van der Waals surface area contributed by atoms with Gasteiger partial charge in [-0.05, 0) is 43.4 Å². The van der Waals surface area contributed by atoms with E-state index in [9.17, 15) is 4.79 Å². The van der Waals surface area contributed by atoms with Gasteiger partial charge in [-0.25, -0.2) is 9.97 Å². The normalized spacial score (nSPS) is 13.6. The summed E-state index contributed by atoms with van der Waals surface area (Å²) in [4.78, 5) is 26.8. The Morgan fingerprint density at radius 1 is 1.28 bits per heavy atom. The molecule has 0 aliphatic heterocycles. The molecule has 0 unspecified atom stereocenters. The van der Waals surface area contributed by atoms with Crippen molar-refractivity contribution in [1.29, 1.82) is 0 Å². The number of thiophene rings is 1. The van der Waals surface area contributed by atoms with Crippen LogP contribution in [-0.2, 0) is 17.6 Å². The standard InChI is InChI=1S/C18H18N4O2S/c23-14(24)7-9-20-17-15-12-5-1-2-6-13(12)25-18(15)22-16(21-17)11-4-3-8-19-10-11/h3-4,8,10H,1-2,5-7,9H2,(H,23,24)(H,20,21,22). The summed E-state index contributed by atoms with van der Waals surface area (Å²) in [5, 5.41) is 13.2. The molecule has 3 heterocycles. The molecule has 0 fully saturated rings. The van der Waals surface area contributed by atoms with E-state index in [0.717, 1.165) is 34.4 Å². The average molecular weight is 354 g/mol. The summed E-state index contributed by atoms with van der Waals surface area (Å²) < 4.78 is 0. The van der Waals surface area contributed by atoms with Crippen LogP contribution >= 0.6 is 11.3 Å². The SMILES string of the molecule is O=C(O)CCNc1nc(-c2cccnc2)nc2sc3c(c12)CCCC3. The van der Waals surface area contributed by atoms with Gasteiger partial charge in [0.25, 0.3) is 0 Å². The van der Waals surface area contributed by atoms with Crippen LogP contribution in [0.15, 0.2) is 24.5 Å². The Hall–Kier alpha value is -2.54. The van der Waals surface area contributed by atoms with E-state index < -0.39 is 5.97 Å². The molecule has 0 bridgehead atoms. The van der Waals surface area contributed by atoms with Crippen LogP contribution in [-0.4, -0.2) is 32.6 Å². The lowest BCUT2D eigenvalue weighted by molar-refractivity contribution is -0.136. The zero-order valence-corrected chi connectivity index (χ0v) is 14.5. The number of aryl methyl sites for hydroxylation is 2. The first-order valence-electron chi connectivity index (χ1n) is 8.41. The molecular weight excluding hydrogens is 336 g/mol. The fourth-order valence-electron chi connectivity index (χ4n) is 3.20. The highest BCUT2D eigenvalue weighted by Gasteiger charge is 2.21. The second-order valence-electron chi connectivity index (χ2n) is 6.10. The molecule has 128 valence electrons. The molecule has 3 aromatic rings. The fraction of sp³-hybridized carbons (Fsp3) is 0.333. The summed E-state index contributed by atoms with van der Waals surface area (Å²) in [5.41, 5.74) is 2.19. The van der Waals surface area contributed by atoms with Crippen molar-refractivity contribution in [3.63, 3.8) is 0 Å². The van der Waals surface area contributed by atoms with Gasteiger partial charge < -0.3 is 10.4 Å². The Bertz CT molecular complexity index is 924. The molecule has 0 amide bonds. The number of aromatic nitrogens is 3. The van der Waals surface area contributed by atoms with Crippen molar-refractivity contribution >= 4 is 33.3 Å². The number of carbonyl (C=O) groups is 1. The van der Waals surface area contributed by atoms with Crippen molar-refractivity contribution in [2.75, 3.05) is 11.9 Å². The van der Waals surface area contributed by atoms with E-state index in [1.165, 1.54) is 23.3 Å². The van der Waals surface area contributed by atoms with Crippen LogP contribution in [0, 0.1) is 0 Å². The zero-order chi connectivity index (χ0) is 17.2. The summed E-state index contributed by atoms with van der Waals surface area (Å²) in [6, 6.07) is 3.79. The van der Waals surface area contributed by atoms with Crippen molar-refractivity contribution in [1.82, 2.24) is 15.0 Å². The number of nitrogens with one attached hydrogen (secondary N) is 1. The van der Waals surface area contributed by atoms with Crippen LogP contribution < -0.4 is 5.32 Å². The molecule has 0 saturated carbocycles. The van der Waals surface area contributed by atoms with E-state index in [1.54, 1.807) is 23.7 Å². The van der Waals surface area contributed by atoms with E-state index in [0.29, 0.717) is 12.4 Å². The fourth-order valence-corrected chi connectivity index (χ4v) is 4.46. The van der Waals surface area contributed by atoms with Crippen LogP contribution in [0.3, 0.4) is 0 Å². The van der Waals surface area contributed by atoms with Gasteiger partial charge in [0.1, 0.15) is 10.6 Å².